The zero-order chi connectivity index (χ0) is 21.7. The predicted octanol–water partition coefficient (Wildman–Crippen LogP) is 2.86. The number of hydrogen-bond donors (Lipinski definition) is 0. The van der Waals surface area contributed by atoms with Crippen molar-refractivity contribution in [2.45, 2.75) is 19.0 Å². The Morgan fingerprint density at radius 3 is 2.61 bits per heavy atom. The highest BCUT2D eigenvalue weighted by molar-refractivity contribution is 5.76. The third-order valence-corrected chi connectivity index (χ3v) is 5.35. The van der Waals surface area contributed by atoms with Crippen molar-refractivity contribution in [3.63, 3.8) is 0 Å². The van der Waals surface area contributed by atoms with Gasteiger partial charge < -0.3 is 9.32 Å². The van der Waals surface area contributed by atoms with E-state index >= 15 is 0 Å². The van der Waals surface area contributed by atoms with Crippen LogP contribution in [0.25, 0.3) is 22.5 Å². The molecule has 1 aliphatic rings. The van der Waals surface area contributed by atoms with Gasteiger partial charge in [-0.05, 0) is 37.4 Å². The first-order valence-corrected chi connectivity index (χ1v) is 9.56. The van der Waals surface area contributed by atoms with E-state index in [1.54, 1.807) is 22.8 Å². The maximum Gasteiger partial charge on any atom is 0.329 e. The summed E-state index contributed by atoms with van der Waals surface area (Å²) in [5.74, 6) is -1.26. The molecule has 5 rings (SSSR count). The van der Waals surface area contributed by atoms with Gasteiger partial charge in [-0.15, -0.1) is 10.2 Å². The lowest BCUT2D eigenvalue weighted by atomic mass is 10.1. The molecule has 11 heteroatoms. The van der Waals surface area contributed by atoms with E-state index in [1.807, 2.05) is 7.05 Å². The smallest absolute Gasteiger partial charge is 0.329 e. The first-order chi connectivity index (χ1) is 14.9. The summed E-state index contributed by atoms with van der Waals surface area (Å²) < 4.78 is 47.3. The molecule has 160 valence electrons. The fourth-order valence-electron chi connectivity index (χ4n) is 3.83. The van der Waals surface area contributed by atoms with Crippen molar-refractivity contribution in [2.24, 2.45) is 0 Å². The van der Waals surface area contributed by atoms with Gasteiger partial charge in [0.15, 0.2) is 0 Å². The molecule has 0 bridgehead atoms. The predicted molar refractivity (Wildman–Crippen MR) is 104 cm³/mol. The van der Waals surface area contributed by atoms with Crippen LogP contribution >= 0.6 is 0 Å². The molecule has 8 nitrogen and oxygen atoms in total. The average Bonchev–Trinajstić information content (AvgIpc) is 3.31. The van der Waals surface area contributed by atoms with Crippen LogP contribution in [0.5, 0.6) is 0 Å². The zero-order valence-corrected chi connectivity index (χ0v) is 16.4. The van der Waals surface area contributed by atoms with E-state index in [9.17, 15) is 18.0 Å². The van der Waals surface area contributed by atoms with Crippen LogP contribution in [-0.2, 0) is 6.54 Å². The van der Waals surface area contributed by atoms with E-state index in [-0.39, 0.29) is 24.2 Å². The molecule has 0 saturated carbocycles. The van der Waals surface area contributed by atoms with Gasteiger partial charge in [-0.1, -0.05) is 0 Å². The number of imidazole rings is 1. The molecule has 1 aromatic carbocycles. The molecular weight excluding hydrogens is 413 g/mol. The van der Waals surface area contributed by atoms with Crippen LogP contribution in [-0.4, -0.2) is 49.4 Å². The number of alkyl halides is 2. The van der Waals surface area contributed by atoms with Crippen LogP contribution in [0.4, 0.5) is 13.2 Å². The molecule has 1 saturated heterocycles. The highest BCUT2D eigenvalue weighted by atomic mass is 19.3. The lowest BCUT2D eigenvalue weighted by Crippen LogP contribution is -2.48. The topological polar surface area (TPSA) is 82.0 Å². The molecule has 4 aromatic rings. The summed E-state index contributed by atoms with van der Waals surface area (Å²) in [5, 5.41) is 6.88. The summed E-state index contributed by atoms with van der Waals surface area (Å²) >= 11 is 0. The molecule has 1 fully saturated rings. The minimum absolute atomic E-state index is 0.0311. The number of hydrogen-bond acceptors (Lipinski definition) is 6. The Bertz CT molecular complexity index is 1300. The molecule has 31 heavy (non-hydrogen) atoms. The van der Waals surface area contributed by atoms with Crippen molar-refractivity contribution in [1.29, 1.82) is 0 Å². The quantitative estimate of drug-likeness (QED) is 0.484. The fourth-order valence-corrected chi connectivity index (χ4v) is 3.83. The molecular formula is C20H17F3N6O2. The lowest BCUT2D eigenvalue weighted by molar-refractivity contribution is 0.116. The van der Waals surface area contributed by atoms with Crippen LogP contribution < -0.4 is 5.69 Å². The summed E-state index contributed by atoms with van der Waals surface area (Å²) in [4.78, 5) is 19.5. The number of halogens is 3. The van der Waals surface area contributed by atoms with Gasteiger partial charge >= 0.3 is 12.1 Å². The number of aromatic nitrogens is 5. The largest absolute Gasteiger partial charge is 0.415 e. The van der Waals surface area contributed by atoms with Crippen molar-refractivity contribution in [1.82, 2.24) is 29.2 Å². The second kappa shape index (κ2) is 7.34. The number of likely N-dealkylation sites (tertiary alicyclic amines) is 1. The molecule has 3 aromatic heterocycles. The fraction of sp³-hybridized carbons (Fsp3) is 0.300. The molecule has 1 aliphatic heterocycles. The molecule has 0 N–H and O–H groups in total. The molecule has 0 aliphatic carbocycles. The highest BCUT2D eigenvalue weighted by Crippen LogP contribution is 2.25. The normalized spacial score (nSPS) is 15.1. The Kier molecular flexibility index (Phi) is 4.62. The van der Waals surface area contributed by atoms with E-state index in [0.717, 1.165) is 13.1 Å². The SMILES string of the molecule is CN1CC(n2c(=O)n(Cc3ccc(-c4nnc(C(F)F)o4)cn3)c3cc(F)ccc32)C1. The number of likely N-dealkylation sites (N-methyl/N-ethyl adjacent to an activating group) is 1. The van der Waals surface area contributed by atoms with Gasteiger partial charge in [-0.2, -0.15) is 8.78 Å². The van der Waals surface area contributed by atoms with E-state index in [0.29, 0.717) is 22.3 Å². The Labute approximate surface area is 173 Å². The van der Waals surface area contributed by atoms with Crippen LogP contribution in [0, 0.1) is 5.82 Å². The van der Waals surface area contributed by atoms with Crippen LogP contribution in [0.2, 0.25) is 0 Å². The highest BCUT2D eigenvalue weighted by Gasteiger charge is 2.29. The molecule has 0 atom stereocenters. The third kappa shape index (κ3) is 3.40. The molecule has 0 radical (unpaired) electrons. The summed E-state index contributed by atoms with van der Waals surface area (Å²) in [6.07, 6.45) is -1.45. The van der Waals surface area contributed by atoms with Gasteiger partial charge in [-0.3, -0.25) is 14.1 Å². The summed E-state index contributed by atoms with van der Waals surface area (Å²) in [6.45, 7) is 1.61. The second-order valence-electron chi connectivity index (χ2n) is 7.53. The standard InChI is InChI=1S/C20H17F3N6O2/c1-27-9-14(10-27)29-15-5-3-12(21)6-16(15)28(20(29)30)8-13-4-2-11(7-24-13)18-25-26-19(31-18)17(22)23/h2-7,14,17H,8-10H2,1H3. The second-order valence-corrected chi connectivity index (χ2v) is 7.53. The summed E-state index contributed by atoms with van der Waals surface area (Å²) in [6, 6.07) is 7.56. The summed E-state index contributed by atoms with van der Waals surface area (Å²) in [7, 11) is 1.97. The lowest BCUT2D eigenvalue weighted by Gasteiger charge is -2.36. The maximum atomic E-state index is 13.9. The molecule has 0 unspecified atom stereocenters. The van der Waals surface area contributed by atoms with Gasteiger partial charge in [0.05, 0.1) is 34.9 Å². The van der Waals surface area contributed by atoms with Crippen LogP contribution in [0.3, 0.4) is 0 Å². The molecule has 0 amide bonds. The maximum absolute atomic E-state index is 13.9. The number of fused-ring (bicyclic) bond motifs is 1. The first kappa shape index (κ1) is 19.5. The van der Waals surface area contributed by atoms with Crippen LogP contribution in [0.1, 0.15) is 24.1 Å². The molecule has 4 heterocycles. The van der Waals surface area contributed by atoms with Crippen molar-refractivity contribution in [3.8, 4) is 11.5 Å². The van der Waals surface area contributed by atoms with Gasteiger partial charge in [0.2, 0.25) is 5.89 Å². The minimum Gasteiger partial charge on any atom is -0.415 e. The van der Waals surface area contributed by atoms with E-state index in [2.05, 4.69) is 20.1 Å². The zero-order valence-electron chi connectivity index (χ0n) is 16.4. The van der Waals surface area contributed by atoms with Crippen molar-refractivity contribution in [3.05, 3.63) is 64.4 Å². The van der Waals surface area contributed by atoms with E-state index < -0.39 is 18.1 Å². The van der Waals surface area contributed by atoms with Gasteiger partial charge in [-0.25, -0.2) is 9.18 Å². The average molecular weight is 430 g/mol. The Hall–Kier alpha value is -3.47. The van der Waals surface area contributed by atoms with Gasteiger partial charge in [0.25, 0.3) is 5.89 Å². The first-order valence-electron chi connectivity index (χ1n) is 9.56. The van der Waals surface area contributed by atoms with Crippen LogP contribution in [0.15, 0.2) is 45.7 Å². The molecule has 0 spiro atoms. The Morgan fingerprint density at radius 2 is 1.97 bits per heavy atom. The Balaban J connectivity index is 1.48. The number of pyridine rings is 1. The van der Waals surface area contributed by atoms with Crippen molar-refractivity contribution >= 4 is 11.0 Å². The minimum atomic E-state index is -2.85. The number of nitrogens with zero attached hydrogens (tertiary/aromatic N) is 6. The van der Waals surface area contributed by atoms with Crippen molar-refractivity contribution < 1.29 is 17.6 Å². The van der Waals surface area contributed by atoms with E-state index in [1.165, 1.54) is 22.9 Å². The van der Waals surface area contributed by atoms with E-state index in [4.69, 9.17) is 4.42 Å². The third-order valence-electron chi connectivity index (χ3n) is 5.35. The Morgan fingerprint density at radius 1 is 1.16 bits per heavy atom. The summed E-state index contributed by atoms with van der Waals surface area (Å²) in [5.41, 5.74) is 1.84. The monoisotopic (exact) mass is 430 g/mol. The van der Waals surface area contributed by atoms with Gasteiger partial charge in [0.1, 0.15) is 5.82 Å². The number of rotatable bonds is 5. The van der Waals surface area contributed by atoms with Gasteiger partial charge in [0, 0.05) is 19.3 Å². The van der Waals surface area contributed by atoms with Crippen molar-refractivity contribution in [2.75, 3.05) is 20.1 Å². The number of benzene rings is 1.